The minimum atomic E-state index is -4.50. The fourth-order valence-electron chi connectivity index (χ4n) is 3.04. The predicted octanol–water partition coefficient (Wildman–Crippen LogP) is 5.27. The second-order valence-corrected chi connectivity index (χ2v) is 7.27. The van der Waals surface area contributed by atoms with E-state index in [1.165, 1.54) is 4.68 Å². The molecule has 0 fully saturated rings. The first-order valence-electron chi connectivity index (χ1n) is 9.21. The van der Waals surface area contributed by atoms with E-state index in [1.807, 2.05) is 62.4 Å². The summed E-state index contributed by atoms with van der Waals surface area (Å²) in [7, 11) is 0. The monoisotopic (exact) mass is 601 g/mol. The molecule has 0 amide bonds. The van der Waals surface area contributed by atoms with Crippen molar-refractivity contribution >= 4 is 0 Å². The molecule has 0 aliphatic carbocycles. The van der Waals surface area contributed by atoms with Gasteiger partial charge in [0.05, 0.1) is 11.1 Å². The van der Waals surface area contributed by atoms with Crippen LogP contribution in [0.5, 0.6) is 0 Å². The molecule has 1 aromatic carbocycles. The number of hydrogen-bond donors (Lipinski definition) is 0. The van der Waals surface area contributed by atoms with Crippen LogP contribution < -0.4 is 0 Å². The molecule has 4 rings (SSSR count). The van der Waals surface area contributed by atoms with Gasteiger partial charge in [-0.2, -0.15) is 24.3 Å². The molecule has 0 radical (unpaired) electrons. The SMILES string of the molecule is CC(C)(c1cccc(-c2[c-]cccc2)n1)c1ccn(-c2[c-]cc(C(F)(F)F)nc2)n1.[Pt+2]. The number of nitrogens with zero attached hydrogens (tertiary/aromatic N) is 4. The molecule has 160 valence electrons. The summed E-state index contributed by atoms with van der Waals surface area (Å²) in [5, 5.41) is 4.54. The molecule has 0 saturated carbocycles. The zero-order chi connectivity index (χ0) is 21.4. The van der Waals surface area contributed by atoms with Gasteiger partial charge in [0.15, 0.2) is 0 Å². The second-order valence-electron chi connectivity index (χ2n) is 7.27. The Morgan fingerprint density at radius 3 is 2.35 bits per heavy atom. The maximum Gasteiger partial charge on any atom is 2.00 e. The Morgan fingerprint density at radius 2 is 1.71 bits per heavy atom. The summed E-state index contributed by atoms with van der Waals surface area (Å²) in [4.78, 5) is 8.25. The van der Waals surface area contributed by atoms with Gasteiger partial charge < -0.3 is 9.97 Å². The molecule has 31 heavy (non-hydrogen) atoms. The summed E-state index contributed by atoms with van der Waals surface area (Å²) in [5.41, 5.74) is 2.04. The smallest absolute Gasteiger partial charge is 0.377 e. The first kappa shape index (κ1) is 22.9. The summed E-state index contributed by atoms with van der Waals surface area (Å²) >= 11 is 0. The van der Waals surface area contributed by atoms with Crippen LogP contribution in [0.15, 0.2) is 67.0 Å². The normalized spacial score (nSPS) is 11.8. The molecule has 0 aliphatic heterocycles. The van der Waals surface area contributed by atoms with Crippen LogP contribution in [0.25, 0.3) is 16.9 Å². The summed E-state index contributed by atoms with van der Waals surface area (Å²) in [6.45, 7) is 3.99. The van der Waals surface area contributed by atoms with E-state index in [0.29, 0.717) is 5.69 Å². The van der Waals surface area contributed by atoms with Crippen molar-refractivity contribution in [2.24, 2.45) is 0 Å². The Labute approximate surface area is 192 Å². The van der Waals surface area contributed by atoms with Gasteiger partial charge in [-0.15, -0.1) is 42.0 Å². The molecule has 3 aromatic heterocycles. The van der Waals surface area contributed by atoms with Gasteiger partial charge in [0.2, 0.25) is 0 Å². The Balaban J connectivity index is 0.00000272. The molecule has 0 atom stereocenters. The van der Waals surface area contributed by atoms with Crippen molar-refractivity contribution in [3.05, 3.63) is 96.2 Å². The van der Waals surface area contributed by atoms with Gasteiger partial charge in [-0.05, 0) is 37.4 Å². The van der Waals surface area contributed by atoms with Crippen LogP contribution in [0.2, 0.25) is 0 Å². The fourth-order valence-corrected chi connectivity index (χ4v) is 3.04. The van der Waals surface area contributed by atoms with Crippen molar-refractivity contribution in [3.8, 4) is 16.9 Å². The number of halogens is 3. The predicted molar refractivity (Wildman–Crippen MR) is 106 cm³/mol. The summed E-state index contributed by atoms with van der Waals surface area (Å²) in [6.07, 6.45) is -1.72. The van der Waals surface area contributed by atoms with Crippen molar-refractivity contribution in [2.45, 2.75) is 25.4 Å². The van der Waals surface area contributed by atoms with Crippen LogP contribution in [0, 0.1) is 12.1 Å². The third-order valence-electron chi connectivity index (χ3n) is 4.82. The van der Waals surface area contributed by atoms with E-state index in [0.717, 1.165) is 34.9 Å². The molecule has 8 heteroatoms. The molecule has 0 N–H and O–H groups in total. The van der Waals surface area contributed by atoms with Gasteiger partial charge in [-0.3, -0.25) is 4.68 Å². The number of alkyl halides is 3. The minimum Gasteiger partial charge on any atom is -0.377 e. The van der Waals surface area contributed by atoms with Gasteiger partial charge in [0.1, 0.15) is 0 Å². The van der Waals surface area contributed by atoms with Crippen LogP contribution in [-0.4, -0.2) is 19.7 Å². The maximum absolute atomic E-state index is 12.7. The molecule has 0 spiro atoms. The van der Waals surface area contributed by atoms with E-state index in [4.69, 9.17) is 4.98 Å². The van der Waals surface area contributed by atoms with Gasteiger partial charge in [0.25, 0.3) is 0 Å². The Kier molecular flexibility index (Phi) is 6.46. The first-order chi connectivity index (χ1) is 14.2. The molecule has 3 heterocycles. The summed E-state index contributed by atoms with van der Waals surface area (Å²) < 4.78 is 39.6. The zero-order valence-corrected chi connectivity index (χ0v) is 18.9. The van der Waals surface area contributed by atoms with Crippen molar-refractivity contribution < 1.29 is 34.2 Å². The topological polar surface area (TPSA) is 43.6 Å². The van der Waals surface area contributed by atoms with Gasteiger partial charge in [0, 0.05) is 17.6 Å². The third-order valence-corrected chi connectivity index (χ3v) is 4.82. The number of aromatic nitrogens is 4. The summed E-state index contributed by atoms with van der Waals surface area (Å²) in [5.74, 6) is 0. The van der Waals surface area contributed by atoms with Crippen LogP contribution in [0.3, 0.4) is 0 Å². The van der Waals surface area contributed by atoms with Gasteiger partial charge in [-0.1, -0.05) is 18.3 Å². The number of benzene rings is 1. The van der Waals surface area contributed by atoms with Crippen molar-refractivity contribution in [1.82, 2.24) is 19.7 Å². The molecule has 0 aliphatic rings. The van der Waals surface area contributed by atoms with E-state index in [-0.39, 0.29) is 21.1 Å². The maximum atomic E-state index is 12.7. The van der Waals surface area contributed by atoms with E-state index in [2.05, 4.69) is 22.2 Å². The number of rotatable bonds is 4. The van der Waals surface area contributed by atoms with Crippen LogP contribution in [0.1, 0.15) is 30.9 Å². The Morgan fingerprint density at radius 1 is 0.903 bits per heavy atom. The van der Waals surface area contributed by atoms with Crippen LogP contribution in [-0.2, 0) is 32.7 Å². The molecule has 4 nitrogen and oxygen atoms in total. The van der Waals surface area contributed by atoms with Gasteiger partial charge >= 0.3 is 27.2 Å². The van der Waals surface area contributed by atoms with Crippen molar-refractivity contribution in [1.29, 1.82) is 0 Å². The minimum absolute atomic E-state index is 0. The molecule has 0 bridgehead atoms. The van der Waals surface area contributed by atoms with Crippen molar-refractivity contribution in [3.63, 3.8) is 0 Å². The van der Waals surface area contributed by atoms with E-state index in [1.54, 1.807) is 6.20 Å². The number of pyridine rings is 2. The van der Waals surface area contributed by atoms with Crippen molar-refractivity contribution in [2.75, 3.05) is 0 Å². The average Bonchev–Trinajstić information content (AvgIpc) is 3.25. The zero-order valence-electron chi connectivity index (χ0n) is 16.6. The molecule has 0 saturated heterocycles. The Bertz CT molecular complexity index is 1150. The first-order valence-corrected chi connectivity index (χ1v) is 9.21. The Hall–Kier alpha value is -2.79. The summed E-state index contributed by atoms with van der Waals surface area (Å²) in [6, 6.07) is 21.8. The molecule has 0 unspecified atom stereocenters. The largest absolute Gasteiger partial charge is 2.00 e. The molecule has 4 aromatic rings. The molecular weight excluding hydrogens is 584 g/mol. The second kappa shape index (κ2) is 8.75. The molecular formula is C23H17F3N4Pt. The van der Waals surface area contributed by atoms with Crippen LogP contribution >= 0.6 is 0 Å². The fraction of sp³-hybridized carbons (Fsp3) is 0.174. The van der Waals surface area contributed by atoms with E-state index < -0.39 is 17.3 Å². The van der Waals surface area contributed by atoms with E-state index >= 15 is 0 Å². The standard InChI is InChI=1S/C23H17F3N4.Pt/c1-22(2,19-10-6-9-18(28-19)16-7-4-3-5-8-16)20-13-14-30(29-20)17-11-12-21(27-15-17)23(24,25)26;/h3-7,9-10,12-15H,1-2H3;/q-2;+2. The van der Waals surface area contributed by atoms with E-state index in [9.17, 15) is 13.2 Å². The van der Waals surface area contributed by atoms with Gasteiger partial charge in [-0.25, -0.2) is 0 Å². The quantitative estimate of drug-likeness (QED) is 0.300. The average molecular weight is 601 g/mol. The third kappa shape index (κ3) is 4.77. The van der Waals surface area contributed by atoms with Crippen LogP contribution in [0.4, 0.5) is 13.2 Å². The number of hydrogen-bond acceptors (Lipinski definition) is 3.